The van der Waals surface area contributed by atoms with Crippen molar-refractivity contribution in [2.45, 2.75) is 6.92 Å². The van der Waals surface area contributed by atoms with Gasteiger partial charge in [-0.3, -0.25) is 4.79 Å². The third kappa shape index (κ3) is 6.40. The lowest BCUT2D eigenvalue weighted by Crippen LogP contribution is -2.31. The Balaban J connectivity index is 1.87. The number of aryl methyl sites for hydroxylation is 1. The van der Waals surface area contributed by atoms with Crippen molar-refractivity contribution in [3.63, 3.8) is 0 Å². The highest BCUT2D eigenvalue weighted by Crippen LogP contribution is 2.14. The molecule has 2 rings (SSSR count). The van der Waals surface area contributed by atoms with Crippen LogP contribution in [0, 0.1) is 6.92 Å². The lowest BCUT2D eigenvalue weighted by molar-refractivity contribution is -0.115. The predicted octanol–water partition coefficient (Wildman–Crippen LogP) is 2.53. The molecule has 0 radical (unpaired) electrons. The summed E-state index contributed by atoms with van der Waals surface area (Å²) in [5.41, 5.74) is 2.41. The molecule has 2 N–H and O–H groups in total. The van der Waals surface area contributed by atoms with E-state index >= 15 is 0 Å². The topological polar surface area (TPSA) is 84.5 Å². The quantitative estimate of drug-likeness (QED) is 0.795. The molecule has 0 aliphatic rings. The van der Waals surface area contributed by atoms with Gasteiger partial charge in [0, 0.05) is 11.1 Å². The molecule has 0 aromatic heterocycles. The van der Waals surface area contributed by atoms with Crippen molar-refractivity contribution in [2.75, 3.05) is 19.0 Å². The Hall–Kier alpha value is -2.64. The van der Waals surface area contributed by atoms with Crippen molar-refractivity contribution in [1.82, 2.24) is 4.72 Å². The highest BCUT2D eigenvalue weighted by Gasteiger charge is 2.09. The number of nitrogens with one attached hydrogen (secondary N) is 2. The first-order chi connectivity index (χ1) is 11.9. The molecule has 0 atom stereocenters. The second-order valence-electron chi connectivity index (χ2n) is 5.36. The Kier molecular flexibility index (Phi) is 6.32. The predicted molar refractivity (Wildman–Crippen MR) is 98.8 cm³/mol. The first kappa shape index (κ1) is 18.7. The number of hydrogen-bond acceptors (Lipinski definition) is 4. The van der Waals surface area contributed by atoms with Crippen LogP contribution in [0.15, 0.2) is 53.9 Å². The molecule has 0 spiro atoms. The molecule has 0 fully saturated rings. The molecule has 0 heterocycles. The fraction of sp³-hybridized carbons (Fsp3) is 0.167. The average Bonchev–Trinajstić information content (AvgIpc) is 2.60. The molecule has 2 aromatic carbocycles. The second-order valence-corrected chi connectivity index (χ2v) is 7.01. The molecule has 25 heavy (non-hydrogen) atoms. The molecule has 0 aliphatic heterocycles. The summed E-state index contributed by atoms with van der Waals surface area (Å²) in [7, 11) is -2.15. The van der Waals surface area contributed by atoms with Crippen molar-refractivity contribution in [3.8, 4) is 5.75 Å². The van der Waals surface area contributed by atoms with E-state index in [0.717, 1.165) is 16.5 Å². The van der Waals surface area contributed by atoms with Gasteiger partial charge < -0.3 is 10.1 Å². The van der Waals surface area contributed by atoms with Gasteiger partial charge in [0.05, 0.1) is 13.7 Å². The van der Waals surface area contributed by atoms with Crippen LogP contribution >= 0.6 is 0 Å². The fourth-order valence-corrected chi connectivity index (χ4v) is 2.70. The maximum absolute atomic E-state index is 11.9. The van der Waals surface area contributed by atoms with E-state index in [9.17, 15) is 13.2 Å². The minimum Gasteiger partial charge on any atom is -0.497 e. The van der Waals surface area contributed by atoms with Gasteiger partial charge in [0.25, 0.3) is 0 Å². The zero-order valence-electron chi connectivity index (χ0n) is 14.0. The molecule has 0 bridgehead atoms. The van der Waals surface area contributed by atoms with Crippen molar-refractivity contribution in [2.24, 2.45) is 0 Å². The van der Waals surface area contributed by atoms with Gasteiger partial charge in [-0.15, -0.1) is 0 Å². The smallest absolute Gasteiger partial charge is 0.239 e. The molecule has 0 saturated heterocycles. The Morgan fingerprint density at radius 2 is 1.72 bits per heavy atom. The van der Waals surface area contributed by atoms with Gasteiger partial charge in [-0.25, -0.2) is 13.1 Å². The van der Waals surface area contributed by atoms with E-state index in [1.807, 2.05) is 31.2 Å². The highest BCUT2D eigenvalue weighted by molar-refractivity contribution is 7.92. The van der Waals surface area contributed by atoms with Crippen molar-refractivity contribution >= 4 is 27.7 Å². The van der Waals surface area contributed by atoms with Gasteiger partial charge in [0.1, 0.15) is 5.75 Å². The summed E-state index contributed by atoms with van der Waals surface area (Å²) in [6.07, 6.45) is 1.48. The largest absolute Gasteiger partial charge is 0.497 e. The number of carbonyl (C=O) groups excluding carboxylic acids is 1. The molecule has 132 valence electrons. The molecule has 2 aromatic rings. The molecule has 6 nitrogen and oxygen atoms in total. The number of hydrogen-bond donors (Lipinski definition) is 2. The van der Waals surface area contributed by atoms with Crippen LogP contribution in [-0.2, 0) is 14.8 Å². The van der Waals surface area contributed by atoms with Crippen molar-refractivity contribution < 1.29 is 17.9 Å². The average molecular weight is 360 g/mol. The molecular formula is C18H20N2O4S. The van der Waals surface area contributed by atoms with Crippen LogP contribution in [-0.4, -0.2) is 28.0 Å². The number of benzene rings is 2. The standard InChI is InChI=1S/C18H20N2O4S/c1-14-3-5-15(6-4-14)11-12-25(22,23)19-13-18(21)20-16-7-9-17(24-2)10-8-16/h3-12,19H,13H2,1-2H3,(H,20,21)/b12-11+. The van der Waals surface area contributed by atoms with Crippen LogP contribution in [0.3, 0.4) is 0 Å². The van der Waals surface area contributed by atoms with Crippen LogP contribution in [0.5, 0.6) is 5.75 Å². The maximum atomic E-state index is 11.9. The zero-order chi connectivity index (χ0) is 18.3. The normalized spacial score (nSPS) is 11.4. The number of rotatable bonds is 7. The van der Waals surface area contributed by atoms with Gasteiger partial charge in [-0.05, 0) is 42.8 Å². The minimum atomic E-state index is -3.70. The SMILES string of the molecule is COc1ccc(NC(=O)CNS(=O)(=O)/C=C/c2ccc(C)cc2)cc1. The van der Waals surface area contributed by atoms with Gasteiger partial charge in [0.2, 0.25) is 15.9 Å². The molecule has 1 amide bonds. The Bertz CT molecular complexity index is 842. The van der Waals surface area contributed by atoms with Crippen LogP contribution in [0.4, 0.5) is 5.69 Å². The van der Waals surface area contributed by atoms with Gasteiger partial charge in [0.15, 0.2) is 0 Å². The zero-order valence-corrected chi connectivity index (χ0v) is 14.8. The number of amides is 1. The van der Waals surface area contributed by atoms with Crippen LogP contribution in [0.25, 0.3) is 6.08 Å². The summed E-state index contributed by atoms with van der Waals surface area (Å²) in [6.45, 7) is 1.60. The summed E-state index contributed by atoms with van der Waals surface area (Å²) >= 11 is 0. The van der Waals surface area contributed by atoms with Crippen LogP contribution < -0.4 is 14.8 Å². The number of carbonyl (C=O) groups is 1. The van der Waals surface area contributed by atoms with E-state index in [-0.39, 0.29) is 6.54 Å². The molecule has 0 saturated carbocycles. The summed E-state index contributed by atoms with van der Waals surface area (Å²) in [4.78, 5) is 11.8. The number of methoxy groups -OCH3 is 1. The molecule has 0 aliphatic carbocycles. The summed E-state index contributed by atoms with van der Waals surface area (Å²) in [5, 5.41) is 3.64. The van der Waals surface area contributed by atoms with Crippen LogP contribution in [0.1, 0.15) is 11.1 Å². The number of anilines is 1. The van der Waals surface area contributed by atoms with Crippen molar-refractivity contribution in [1.29, 1.82) is 0 Å². The van der Waals surface area contributed by atoms with E-state index in [4.69, 9.17) is 4.74 Å². The first-order valence-electron chi connectivity index (χ1n) is 7.56. The third-order valence-electron chi connectivity index (χ3n) is 3.32. The van der Waals surface area contributed by atoms with E-state index in [1.165, 1.54) is 6.08 Å². The summed E-state index contributed by atoms with van der Waals surface area (Å²) in [6, 6.07) is 14.2. The van der Waals surface area contributed by atoms with E-state index < -0.39 is 15.9 Å². The van der Waals surface area contributed by atoms with E-state index in [2.05, 4.69) is 10.0 Å². The third-order valence-corrected chi connectivity index (χ3v) is 4.37. The minimum absolute atomic E-state index is 0.355. The molecular weight excluding hydrogens is 340 g/mol. The molecule has 7 heteroatoms. The number of sulfonamides is 1. The second kappa shape index (κ2) is 8.46. The highest BCUT2D eigenvalue weighted by atomic mass is 32.2. The van der Waals surface area contributed by atoms with Crippen molar-refractivity contribution in [3.05, 3.63) is 65.1 Å². The van der Waals surface area contributed by atoms with Gasteiger partial charge in [-0.2, -0.15) is 0 Å². The molecule has 0 unspecified atom stereocenters. The fourth-order valence-electron chi connectivity index (χ4n) is 1.94. The van der Waals surface area contributed by atoms with E-state index in [0.29, 0.717) is 11.4 Å². The number of ether oxygens (including phenoxy) is 1. The lowest BCUT2D eigenvalue weighted by atomic mass is 10.2. The Morgan fingerprint density at radius 1 is 1.08 bits per heavy atom. The Morgan fingerprint density at radius 3 is 2.32 bits per heavy atom. The van der Waals surface area contributed by atoms with Gasteiger partial charge >= 0.3 is 0 Å². The monoisotopic (exact) mass is 360 g/mol. The van der Waals surface area contributed by atoms with E-state index in [1.54, 1.807) is 31.4 Å². The summed E-state index contributed by atoms with van der Waals surface area (Å²) in [5.74, 6) is 0.206. The Labute approximate surface area is 147 Å². The maximum Gasteiger partial charge on any atom is 0.239 e. The van der Waals surface area contributed by atoms with Gasteiger partial charge in [-0.1, -0.05) is 29.8 Å². The van der Waals surface area contributed by atoms with Crippen LogP contribution in [0.2, 0.25) is 0 Å². The lowest BCUT2D eigenvalue weighted by Gasteiger charge is -2.07. The first-order valence-corrected chi connectivity index (χ1v) is 9.11. The summed E-state index contributed by atoms with van der Waals surface area (Å²) < 4.78 is 31.1.